The van der Waals surface area contributed by atoms with Crippen molar-refractivity contribution < 1.29 is 21.6 Å². The van der Waals surface area contributed by atoms with E-state index in [9.17, 15) is 21.6 Å². The quantitative estimate of drug-likeness (QED) is 0.681. The van der Waals surface area contributed by atoms with Crippen LogP contribution in [0.4, 0.5) is 11.4 Å². The number of sulfonamides is 2. The summed E-state index contributed by atoms with van der Waals surface area (Å²) in [6, 6.07) is 10.5. The Hall–Kier alpha value is -2.43. The lowest BCUT2D eigenvalue weighted by molar-refractivity contribution is -0.120. The van der Waals surface area contributed by atoms with Crippen molar-refractivity contribution in [1.82, 2.24) is 4.31 Å². The first kappa shape index (κ1) is 23.2. The summed E-state index contributed by atoms with van der Waals surface area (Å²) in [6.07, 6.45) is 3.04. The number of hydrogen-bond donors (Lipinski definition) is 2. The molecular formula is C21H27N3O5S2. The number of carbonyl (C=O) groups excluding carboxylic acids is 1. The summed E-state index contributed by atoms with van der Waals surface area (Å²) < 4.78 is 53.3. The lowest BCUT2D eigenvalue weighted by Gasteiger charge is -2.32. The van der Waals surface area contributed by atoms with Crippen LogP contribution in [0.25, 0.3) is 0 Å². The van der Waals surface area contributed by atoms with Gasteiger partial charge >= 0.3 is 0 Å². The van der Waals surface area contributed by atoms with Crippen LogP contribution in [0.2, 0.25) is 0 Å². The zero-order valence-electron chi connectivity index (χ0n) is 17.8. The second-order valence-corrected chi connectivity index (χ2v) is 11.4. The second kappa shape index (κ2) is 8.97. The average molecular weight is 466 g/mol. The van der Waals surface area contributed by atoms with Gasteiger partial charge in [-0.15, -0.1) is 0 Å². The number of para-hydroxylation sites is 1. The highest BCUT2D eigenvalue weighted by molar-refractivity contribution is 7.92. The van der Waals surface area contributed by atoms with Crippen molar-refractivity contribution in [2.45, 2.75) is 44.0 Å². The van der Waals surface area contributed by atoms with E-state index in [1.54, 1.807) is 0 Å². The number of carbonyl (C=O) groups is 1. The molecule has 10 heteroatoms. The van der Waals surface area contributed by atoms with Gasteiger partial charge in [0.25, 0.3) is 10.0 Å². The predicted octanol–water partition coefficient (Wildman–Crippen LogP) is 2.86. The van der Waals surface area contributed by atoms with Crippen molar-refractivity contribution in [1.29, 1.82) is 0 Å². The van der Waals surface area contributed by atoms with Crippen LogP contribution in [0.15, 0.2) is 47.4 Å². The number of piperidine rings is 1. The minimum Gasteiger partial charge on any atom is -0.325 e. The Bertz CT molecular complexity index is 1160. The average Bonchev–Trinajstić information content (AvgIpc) is 2.70. The lowest BCUT2D eigenvalue weighted by Crippen LogP contribution is -2.49. The van der Waals surface area contributed by atoms with Crippen molar-refractivity contribution >= 4 is 37.3 Å². The molecule has 1 unspecified atom stereocenters. The van der Waals surface area contributed by atoms with Crippen LogP contribution in [0, 0.1) is 13.8 Å². The Morgan fingerprint density at radius 2 is 1.58 bits per heavy atom. The molecule has 1 saturated heterocycles. The topological polar surface area (TPSA) is 113 Å². The molecule has 2 aromatic rings. The van der Waals surface area contributed by atoms with Crippen molar-refractivity contribution in [3.8, 4) is 0 Å². The maximum Gasteiger partial charge on any atom is 0.261 e. The summed E-state index contributed by atoms with van der Waals surface area (Å²) in [4.78, 5) is 12.7. The highest BCUT2D eigenvalue weighted by Gasteiger charge is 2.34. The van der Waals surface area contributed by atoms with Crippen LogP contribution in [-0.4, -0.2) is 45.9 Å². The van der Waals surface area contributed by atoms with E-state index >= 15 is 0 Å². The van der Waals surface area contributed by atoms with Gasteiger partial charge in [0.2, 0.25) is 15.9 Å². The van der Waals surface area contributed by atoms with Gasteiger partial charge in [-0.25, -0.2) is 16.8 Å². The highest BCUT2D eigenvalue weighted by atomic mass is 32.2. The molecule has 1 heterocycles. The zero-order valence-corrected chi connectivity index (χ0v) is 19.4. The molecule has 2 aromatic carbocycles. The second-order valence-electron chi connectivity index (χ2n) is 7.77. The van der Waals surface area contributed by atoms with E-state index in [0.29, 0.717) is 24.3 Å². The molecule has 0 aromatic heterocycles. The normalized spacial score (nSPS) is 17.8. The summed E-state index contributed by atoms with van der Waals surface area (Å²) in [7, 11) is -7.29. The van der Waals surface area contributed by atoms with E-state index in [4.69, 9.17) is 0 Å². The van der Waals surface area contributed by atoms with Crippen LogP contribution in [0.1, 0.15) is 30.4 Å². The summed E-state index contributed by atoms with van der Waals surface area (Å²) in [5.74, 6) is -0.422. The first-order valence-corrected chi connectivity index (χ1v) is 13.3. The molecule has 0 radical (unpaired) electrons. The van der Waals surface area contributed by atoms with E-state index < -0.39 is 32.0 Å². The van der Waals surface area contributed by atoms with Gasteiger partial charge in [0.05, 0.1) is 16.8 Å². The third kappa shape index (κ3) is 5.44. The van der Waals surface area contributed by atoms with E-state index in [2.05, 4.69) is 10.0 Å². The van der Waals surface area contributed by atoms with Crippen LogP contribution in [0.5, 0.6) is 0 Å². The van der Waals surface area contributed by atoms with Crippen LogP contribution in [-0.2, 0) is 24.8 Å². The Labute approximate surface area is 183 Å². The Morgan fingerprint density at radius 3 is 2.16 bits per heavy atom. The molecule has 0 bridgehead atoms. The number of hydrogen-bond acceptors (Lipinski definition) is 5. The van der Waals surface area contributed by atoms with Crippen LogP contribution >= 0.6 is 0 Å². The van der Waals surface area contributed by atoms with Crippen molar-refractivity contribution in [2.24, 2.45) is 0 Å². The number of benzene rings is 2. The predicted molar refractivity (Wildman–Crippen MR) is 121 cm³/mol. The first-order valence-electron chi connectivity index (χ1n) is 9.96. The summed E-state index contributed by atoms with van der Waals surface area (Å²) in [5.41, 5.74) is 2.57. The Balaban J connectivity index is 1.74. The molecule has 1 amide bonds. The minimum atomic E-state index is -3.80. The fourth-order valence-electron chi connectivity index (χ4n) is 3.68. The zero-order chi connectivity index (χ0) is 22.8. The third-order valence-corrected chi connectivity index (χ3v) is 7.99. The molecular weight excluding hydrogens is 438 g/mol. The molecule has 8 nitrogen and oxygen atoms in total. The molecule has 2 N–H and O–H groups in total. The van der Waals surface area contributed by atoms with Gasteiger partial charge < -0.3 is 5.32 Å². The smallest absolute Gasteiger partial charge is 0.261 e. The monoisotopic (exact) mass is 465 g/mol. The van der Waals surface area contributed by atoms with Gasteiger partial charge in [-0.1, -0.05) is 24.6 Å². The van der Waals surface area contributed by atoms with E-state index in [1.807, 2.05) is 32.0 Å². The number of anilines is 2. The van der Waals surface area contributed by atoms with Crippen molar-refractivity contribution in [2.75, 3.05) is 22.8 Å². The fourth-order valence-corrected chi connectivity index (χ4v) is 6.00. The summed E-state index contributed by atoms with van der Waals surface area (Å²) in [5, 5.41) is 2.70. The van der Waals surface area contributed by atoms with Gasteiger partial charge in [0, 0.05) is 12.2 Å². The van der Waals surface area contributed by atoms with E-state index in [0.717, 1.165) is 30.2 Å². The molecule has 1 atom stereocenters. The molecule has 0 saturated carbocycles. The van der Waals surface area contributed by atoms with Crippen molar-refractivity contribution in [3.05, 3.63) is 53.6 Å². The molecule has 0 spiro atoms. The summed E-state index contributed by atoms with van der Waals surface area (Å²) in [6.45, 7) is 3.97. The Kier molecular flexibility index (Phi) is 6.73. The van der Waals surface area contributed by atoms with Gasteiger partial charge in [0.15, 0.2) is 0 Å². The minimum absolute atomic E-state index is 0.0589. The maximum atomic E-state index is 12.8. The molecule has 0 aliphatic carbocycles. The number of nitrogens with one attached hydrogen (secondary N) is 2. The van der Waals surface area contributed by atoms with Gasteiger partial charge in [-0.05, 0) is 62.1 Å². The first-order chi connectivity index (χ1) is 14.5. The van der Waals surface area contributed by atoms with E-state index in [-0.39, 0.29) is 4.90 Å². The number of rotatable bonds is 6. The van der Waals surface area contributed by atoms with Crippen LogP contribution in [0.3, 0.4) is 0 Å². The molecule has 168 valence electrons. The van der Waals surface area contributed by atoms with Gasteiger partial charge in [-0.2, -0.15) is 4.31 Å². The SMILES string of the molecule is Cc1cccc(C)c1NS(=O)(=O)c1ccc(NC(=O)C2CCCCN2S(C)(=O)=O)cc1. The standard InChI is InChI=1S/C21H27N3O5S2/c1-15-7-6-8-16(2)20(15)23-31(28,29)18-12-10-17(11-13-18)22-21(25)19-9-4-5-14-24(19)30(3,26)27/h6-8,10-13,19,23H,4-5,9,14H2,1-3H3,(H,22,25). The maximum absolute atomic E-state index is 12.8. The lowest BCUT2D eigenvalue weighted by atomic mass is 10.0. The van der Waals surface area contributed by atoms with Crippen LogP contribution < -0.4 is 10.0 Å². The third-order valence-electron chi connectivity index (χ3n) is 5.33. The molecule has 1 aliphatic heterocycles. The molecule has 3 rings (SSSR count). The molecule has 31 heavy (non-hydrogen) atoms. The number of nitrogens with zero attached hydrogens (tertiary/aromatic N) is 1. The molecule has 1 aliphatic rings. The molecule has 1 fully saturated rings. The largest absolute Gasteiger partial charge is 0.325 e. The van der Waals surface area contributed by atoms with Gasteiger partial charge in [-0.3, -0.25) is 9.52 Å². The Morgan fingerprint density at radius 1 is 0.968 bits per heavy atom. The highest BCUT2D eigenvalue weighted by Crippen LogP contribution is 2.25. The van der Waals surface area contributed by atoms with E-state index in [1.165, 1.54) is 28.6 Å². The van der Waals surface area contributed by atoms with Crippen molar-refractivity contribution in [3.63, 3.8) is 0 Å². The number of amides is 1. The summed E-state index contributed by atoms with van der Waals surface area (Å²) >= 11 is 0. The fraction of sp³-hybridized carbons (Fsp3) is 0.381. The van der Waals surface area contributed by atoms with Gasteiger partial charge in [0.1, 0.15) is 6.04 Å². The number of aryl methyl sites for hydroxylation is 2.